The highest BCUT2D eigenvalue weighted by Crippen LogP contribution is 2.61. The SMILES string of the molecule is Cc1cc(C(=O)NC(C)C23CC4CC(CC(C4)C2)C3)cc(S(=O)(=O)N2CCOCC2)c1C. The molecule has 0 radical (unpaired) electrons. The highest BCUT2D eigenvalue weighted by Gasteiger charge is 2.53. The molecular weight excluding hydrogens is 424 g/mol. The van der Waals surface area contributed by atoms with Crippen LogP contribution >= 0.6 is 0 Å². The highest BCUT2D eigenvalue weighted by molar-refractivity contribution is 7.89. The molecule has 1 unspecified atom stereocenters. The molecule has 176 valence electrons. The molecule has 4 aliphatic carbocycles. The maximum absolute atomic E-state index is 13.3. The molecule has 1 aromatic rings. The topological polar surface area (TPSA) is 75.7 Å². The summed E-state index contributed by atoms with van der Waals surface area (Å²) in [7, 11) is -3.66. The minimum Gasteiger partial charge on any atom is -0.379 e. The van der Waals surface area contributed by atoms with Gasteiger partial charge in [0.15, 0.2) is 0 Å². The van der Waals surface area contributed by atoms with Gasteiger partial charge in [-0.1, -0.05) is 0 Å². The van der Waals surface area contributed by atoms with Gasteiger partial charge in [-0.15, -0.1) is 0 Å². The summed E-state index contributed by atoms with van der Waals surface area (Å²) < 4.78 is 33.4. The number of hydrogen-bond acceptors (Lipinski definition) is 4. The van der Waals surface area contributed by atoms with Gasteiger partial charge in [-0.05, 0) is 106 Å². The molecule has 32 heavy (non-hydrogen) atoms. The second-order valence-electron chi connectivity index (χ2n) is 10.9. The van der Waals surface area contributed by atoms with Gasteiger partial charge in [0, 0.05) is 24.7 Å². The summed E-state index contributed by atoms with van der Waals surface area (Å²) >= 11 is 0. The Morgan fingerprint density at radius 1 is 1.06 bits per heavy atom. The third-order valence-electron chi connectivity index (χ3n) is 8.82. The minimum absolute atomic E-state index is 0.101. The van der Waals surface area contributed by atoms with E-state index in [4.69, 9.17) is 4.74 Å². The average Bonchev–Trinajstić information content (AvgIpc) is 2.75. The molecule has 4 saturated carbocycles. The largest absolute Gasteiger partial charge is 0.379 e. The zero-order valence-corrected chi connectivity index (χ0v) is 20.3. The van der Waals surface area contributed by atoms with E-state index in [9.17, 15) is 13.2 Å². The average molecular weight is 461 g/mol. The number of sulfonamides is 1. The van der Waals surface area contributed by atoms with Crippen LogP contribution in [-0.4, -0.2) is 51.0 Å². The maximum atomic E-state index is 13.3. The van der Waals surface area contributed by atoms with Crippen molar-refractivity contribution in [2.75, 3.05) is 26.3 Å². The molecule has 0 spiro atoms. The third-order valence-corrected chi connectivity index (χ3v) is 10.8. The summed E-state index contributed by atoms with van der Waals surface area (Å²) in [6.45, 7) is 7.37. The Morgan fingerprint density at radius 2 is 1.62 bits per heavy atom. The van der Waals surface area contributed by atoms with Crippen molar-refractivity contribution in [2.45, 2.75) is 70.2 Å². The summed E-state index contributed by atoms with van der Waals surface area (Å²) in [6.07, 6.45) is 7.80. The lowest BCUT2D eigenvalue weighted by Crippen LogP contribution is -2.55. The molecule has 6 nitrogen and oxygen atoms in total. The van der Waals surface area contributed by atoms with Crippen LogP contribution in [0.4, 0.5) is 0 Å². The molecular formula is C25H36N2O4S. The van der Waals surface area contributed by atoms with Crippen molar-refractivity contribution in [3.05, 3.63) is 28.8 Å². The van der Waals surface area contributed by atoms with Crippen LogP contribution in [0.1, 0.15) is 66.9 Å². The smallest absolute Gasteiger partial charge is 0.251 e. The van der Waals surface area contributed by atoms with Gasteiger partial charge in [0.1, 0.15) is 0 Å². The second kappa shape index (κ2) is 8.10. The zero-order chi connectivity index (χ0) is 22.7. The predicted octanol–water partition coefficient (Wildman–Crippen LogP) is 3.66. The summed E-state index contributed by atoms with van der Waals surface area (Å²) in [5, 5.41) is 3.29. The van der Waals surface area contributed by atoms with E-state index in [2.05, 4.69) is 12.2 Å². The number of carbonyl (C=O) groups is 1. The first-order chi connectivity index (χ1) is 15.2. The van der Waals surface area contributed by atoms with Crippen LogP contribution in [0.25, 0.3) is 0 Å². The van der Waals surface area contributed by atoms with Gasteiger partial charge in [0.05, 0.1) is 18.1 Å². The molecule has 4 bridgehead atoms. The number of hydrogen-bond donors (Lipinski definition) is 1. The molecule has 6 rings (SSSR count). The molecule has 7 heteroatoms. The Hall–Kier alpha value is -1.44. The van der Waals surface area contributed by atoms with Crippen molar-refractivity contribution in [3.8, 4) is 0 Å². The molecule has 1 N–H and O–H groups in total. The highest BCUT2D eigenvalue weighted by atomic mass is 32.2. The number of rotatable bonds is 5. The van der Waals surface area contributed by atoms with E-state index in [0.717, 1.165) is 23.3 Å². The summed E-state index contributed by atoms with van der Waals surface area (Å²) in [5.41, 5.74) is 2.19. The molecule has 1 aromatic carbocycles. The lowest BCUT2D eigenvalue weighted by molar-refractivity contribution is -0.0688. The van der Waals surface area contributed by atoms with Crippen molar-refractivity contribution in [1.29, 1.82) is 0 Å². The van der Waals surface area contributed by atoms with Crippen LogP contribution in [-0.2, 0) is 14.8 Å². The van der Waals surface area contributed by atoms with E-state index in [1.807, 2.05) is 19.9 Å². The first kappa shape index (κ1) is 22.4. The fraction of sp³-hybridized carbons (Fsp3) is 0.720. The molecule has 1 saturated heterocycles. The van der Waals surface area contributed by atoms with Crippen LogP contribution in [0.2, 0.25) is 0 Å². The lowest BCUT2D eigenvalue weighted by atomic mass is 9.48. The monoisotopic (exact) mass is 460 g/mol. The third kappa shape index (κ3) is 3.80. The van der Waals surface area contributed by atoms with E-state index in [0.29, 0.717) is 37.4 Å². The Labute approximate surface area is 192 Å². The van der Waals surface area contributed by atoms with Crippen molar-refractivity contribution in [3.63, 3.8) is 0 Å². The van der Waals surface area contributed by atoms with Crippen LogP contribution in [0.3, 0.4) is 0 Å². The molecule has 1 heterocycles. The van der Waals surface area contributed by atoms with E-state index >= 15 is 0 Å². The van der Waals surface area contributed by atoms with Crippen molar-refractivity contribution in [2.24, 2.45) is 23.2 Å². The van der Waals surface area contributed by atoms with Crippen LogP contribution in [0.5, 0.6) is 0 Å². The Bertz CT molecular complexity index is 978. The zero-order valence-electron chi connectivity index (χ0n) is 19.5. The van der Waals surface area contributed by atoms with E-state index in [-0.39, 0.29) is 22.3 Å². The standard InChI is InChI=1S/C25H36N2O4S/c1-16-8-22(12-23(17(16)2)32(29,30)27-4-6-31-7-5-27)24(28)26-18(3)25-13-19-9-20(14-25)11-21(10-19)15-25/h8,12,18-21H,4-7,9-11,13-15H2,1-3H3,(H,26,28). The number of carbonyl (C=O) groups excluding carboxylic acids is 1. The van der Waals surface area contributed by atoms with Gasteiger partial charge in [-0.2, -0.15) is 4.31 Å². The van der Waals surface area contributed by atoms with Crippen LogP contribution < -0.4 is 5.32 Å². The molecule has 1 aliphatic heterocycles. The van der Waals surface area contributed by atoms with E-state index < -0.39 is 10.0 Å². The first-order valence-corrected chi connectivity index (χ1v) is 13.6. The van der Waals surface area contributed by atoms with Gasteiger partial charge in [0.2, 0.25) is 10.0 Å². The van der Waals surface area contributed by atoms with Crippen LogP contribution in [0, 0.1) is 37.0 Å². The van der Waals surface area contributed by atoms with Gasteiger partial charge in [0.25, 0.3) is 5.91 Å². The first-order valence-electron chi connectivity index (χ1n) is 12.2. The number of morpholine rings is 1. The van der Waals surface area contributed by atoms with Gasteiger partial charge in [-0.3, -0.25) is 4.79 Å². The fourth-order valence-corrected chi connectivity index (χ4v) is 9.02. The van der Waals surface area contributed by atoms with Crippen molar-refractivity contribution >= 4 is 15.9 Å². The molecule has 5 fully saturated rings. The van der Waals surface area contributed by atoms with Crippen molar-refractivity contribution < 1.29 is 17.9 Å². The Balaban J connectivity index is 1.38. The van der Waals surface area contributed by atoms with E-state index in [1.165, 1.54) is 42.8 Å². The summed E-state index contributed by atoms with van der Waals surface area (Å²) in [6, 6.07) is 3.51. The van der Waals surface area contributed by atoms with Crippen molar-refractivity contribution in [1.82, 2.24) is 9.62 Å². The summed E-state index contributed by atoms with van der Waals surface area (Å²) in [4.78, 5) is 13.6. The number of benzene rings is 1. The normalized spacial score (nSPS) is 33.3. The van der Waals surface area contributed by atoms with Gasteiger partial charge < -0.3 is 10.1 Å². The van der Waals surface area contributed by atoms with E-state index in [1.54, 1.807) is 6.07 Å². The summed E-state index contributed by atoms with van der Waals surface area (Å²) in [5.74, 6) is 2.32. The Morgan fingerprint density at radius 3 is 2.19 bits per heavy atom. The van der Waals surface area contributed by atoms with Gasteiger partial charge in [-0.25, -0.2) is 8.42 Å². The maximum Gasteiger partial charge on any atom is 0.251 e. The molecule has 0 aromatic heterocycles. The number of ether oxygens (including phenoxy) is 1. The molecule has 5 aliphatic rings. The number of aryl methyl sites for hydroxylation is 1. The lowest BCUT2D eigenvalue weighted by Gasteiger charge is -2.59. The quantitative estimate of drug-likeness (QED) is 0.728. The Kier molecular flexibility index (Phi) is 5.66. The number of amides is 1. The fourth-order valence-electron chi connectivity index (χ4n) is 7.29. The van der Waals surface area contributed by atoms with Gasteiger partial charge >= 0.3 is 0 Å². The number of nitrogens with zero attached hydrogens (tertiary/aromatic N) is 1. The van der Waals surface area contributed by atoms with Crippen LogP contribution in [0.15, 0.2) is 17.0 Å². The predicted molar refractivity (Wildman–Crippen MR) is 123 cm³/mol. The second-order valence-corrected chi connectivity index (χ2v) is 12.8. The minimum atomic E-state index is -3.66. The number of nitrogens with one attached hydrogen (secondary N) is 1. The molecule has 1 atom stereocenters. The molecule has 1 amide bonds.